The fraction of sp³-hybridized carbons (Fsp3) is 1.00. The maximum absolute atomic E-state index is 5.71. The molecule has 32 heavy (non-hydrogen) atoms. The molecule has 5 heteroatoms. The number of quaternary nitrogens is 1. The van der Waals surface area contributed by atoms with Crippen molar-refractivity contribution in [3.05, 3.63) is 0 Å². The second kappa shape index (κ2) is 21.6. The zero-order valence-corrected chi connectivity index (χ0v) is 24.0. The van der Waals surface area contributed by atoms with Crippen molar-refractivity contribution >= 4 is 8.80 Å². The van der Waals surface area contributed by atoms with Gasteiger partial charge < -0.3 is 17.8 Å². The molecule has 4 nitrogen and oxygen atoms in total. The molecule has 0 radical (unpaired) electrons. The Hall–Kier alpha value is 0.0569. The van der Waals surface area contributed by atoms with Gasteiger partial charge in [-0.1, -0.05) is 78.6 Å². The first kappa shape index (κ1) is 32.1. The summed E-state index contributed by atoms with van der Waals surface area (Å²) in [7, 11) is 2.77. The van der Waals surface area contributed by atoms with Gasteiger partial charge in [-0.2, -0.15) is 0 Å². The molecule has 0 aliphatic rings. The second-order valence-corrected chi connectivity index (χ2v) is 13.0. The van der Waals surface area contributed by atoms with Gasteiger partial charge >= 0.3 is 8.80 Å². The third-order valence-electron chi connectivity index (χ3n) is 7.26. The molecule has 0 amide bonds. The molecule has 0 heterocycles. The fourth-order valence-corrected chi connectivity index (χ4v) is 6.71. The van der Waals surface area contributed by atoms with Crippen molar-refractivity contribution in [2.75, 3.05) is 47.5 Å². The van der Waals surface area contributed by atoms with Gasteiger partial charge in [0, 0.05) is 33.8 Å². The van der Waals surface area contributed by atoms with Crippen LogP contribution in [0.4, 0.5) is 0 Å². The molecule has 0 aromatic carbocycles. The summed E-state index contributed by atoms with van der Waals surface area (Å²) in [6.07, 6.45) is 21.8. The smallest absolute Gasteiger partial charge is 0.377 e. The summed E-state index contributed by atoms with van der Waals surface area (Å²) in [6.45, 7) is 12.2. The maximum atomic E-state index is 5.71. The molecule has 0 saturated heterocycles. The number of nitrogens with zero attached hydrogens (tertiary/aromatic N) is 1. The van der Waals surface area contributed by atoms with Crippen molar-refractivity contribution in [2.24, 2.45) is 0 Å². The average molecular weight is 475 g/mol. The first-order chi connectivity index (χ1) is 15.6. The third kappa shape index (κ3) is 15.1. The summed E-state index contributed by atoms with van der Waals surface area (Å²) in [5.74, 6) is 0. The Balaban J connectivity index is 5.09. The molecule has 0 fully saturated rings. The first-order valence-corrected chi connectivity index (χ1v) is 16.0. The van der Waals surface area contributed by atoms with Gasteiger partial charge in [-0.3, -0.25) is 0 Å². The molecule has 0 aliphatic heterocycles. The molecule has 0 rings (SSSR count). The molecule has 0 saturated carbocycles. The molecule has 0 bridgehead atoms. The molecular weight excluding hydrogens is 414 g/mol. The van der Waals surface area contributed by atoms with Crippen LogP contribution >= 0.6 is 0 Å². The molecule has 0 N–H and O–H groups in total. The molecule has 0 unspecified atom stereocenters. The summed E-state index contributed by atoms with van der Waals surface area (Å²) in [4.78, 5) is 0. The highest BCUT2D eigenvalue weighted by Crippen LogP contribution is 2.22. The Morgan fingerprint density at radius 1 is 0.438 bits per heavy atom. The highest BCUT2D eigenvalue weighted by Gasteiger charge is 2.38. The van der Waals surface area contributed by atoms with Crippen LogP contribution in [0.2, 0.25) is 6.04 Å². The van der Waals surface area contributed by atoms with E-state index in [4.69, 9.17) is 13.3 Å². The largest absolute Gasteiger partial charge is 0.500 e. The van der Waals surface area contributed by atoms with Crippen LogP contribution in [0.3, 0.4) is 0 Å². The lowest BCUT2D eigenvalue weighted by Crippen LogP contribution is -2.52. The quantitative estimate of drug-likeness (QED) is 0.0762. The molecule has 0 spiro atoms. The van der Waals surface area contributed by atoms with E-state index >= 15 is 0 Å². The van der Waals surface area contributed by atoms with Gasteiger partial charge in [0.1, 0.15) is 0 Å². The highest BCUT2D eigenvalue weighted by atomic mass is 28.4. The van der Waals surface area contributed by atoms with Gasteiger partial charge in [-0.25, -0.2) is 0 Å². The standard InChI is InChI=1S/C27H60NO3Si/c1-7-10-13-16-19-23-28(24-20-17-14-11-8-2,25-21-18-15-12-9-3)26-22-27-32(29-4,30-5)31-6/h7-27H2,1-6H3/q+1. The maximum Gasteiger partial charge on any atom is 0.500 e. The number of hydrogen-bond donors (Lipinski definition) is 0. The van der Waals surface area contributed by atoms with Crippen LogP contribution in [0.15, 0.2) is 0 Å². The Labute approximate surface area is 203 Å². The van der Waals surface area contributed by atoms with Crippen molar-refractivity contribution in [3.63, 3.8) is 0 Å². The minimum absolute atomic E-state index is 0.929. The van der Waals surface area contributed by atoms with Gasteiger partial charge in [0.15, 0.2) is 0 Å². The van der Waals surface area contributed by atoms with Crippen LogP contribution in [0.5, 0.6) is 0 Å². The molecule has 0 atom stereocenters. The summed E-state index contributed by atoms with van der Waals surface area (Å²) < 4.78 is 18.5. The summed E-state index contributed by atoms with van der Waals surface area (Å²) >= 11 is 0. The Bertz CT molecular complexity index is 347. The van der Waals surface area contributed by atoms with Gasteiger partial charge in [0.2, 0.25) is 0 Å². The zero-order valence-electron chi connectivity index (χ0n) is 23.0. The summed E-state index contributed by atoms with van der Waals surface area (Å²) in [5.41, 5.74) is 0. The van der Waals surface area contributed by atoms with Crippen LogP contribution in [0.25, 0.3) is 0 Å². The van der Waals surface area contributed by atoms with Crippen molar-refractivity contribution in [1.29, 1.82) is 0 Å². The minimum atomic E-state index is -2.47. The van der Waals surface area contributed by atoms with Gasteiger partial charge in [-0.15, -0.1) is 0 Å². The third-order valence-corrected chi connectivity index (χ3v) is 10.1. The molecule has 194 valence electrons. The van der Waals surface area contributed by atoms with Crippen molar-refractivity contribution in [2.45, 2.75) is 130 Å². The van der Waals surface area contributed by atoms with Gasteiger partial charge in [0.05, 0.1) is 26.2 Å². The van der Waals surface area contributed by atoms with E-state index < -0.39 is 8.80 Å². The highest BCUT2D eigenvalue weighted by molar-refractivity contribution is 6.60. The lowest BCUT2D eigenvalue weighted by molar-refractivity contribution is -0.929. The van der Waals surface area contributed by atoms with Crippen molar-refractivity contribution in [3.8, 4) is 0 Å². The fourth-order valence-electron chi connectivity index (χ4n) is 5.01. The Kier molecular flexibility index (Phi) is 21.6. The van der Waals surface area contributed by atoms with E-state index in [1.165, 1.54) is 127 Å². The van der Waals surface area contributed by atoms with E-state index in [1.807, 2.05) is 0 Å². The summed E-state index contributed by atoms with van der Waals surface area (Å²) in [5, 5.41) is 0. The van der Waals surface area contributed by atoms with Crippen molar-refractivity contribution < 1.29 is 17.8 Å². The number of unbranched alkanes of at least 4 members (excludes halogenated alkanes) is 12. The van der Waals surface area contributed by atoms with E-state index in [2.05, 4.69) is 20.8 Å². The van der Waals surface area contributed by atoms with Crippen LogP contribution in [-0.2, 0) is 13.3 Å². The molecule has 0 aromatic heterocycles. The van der Waals surface area contributed by atoms with Crippen LogP contribution in [-0.4, -0.2) is 60.8 Å². The lowest BCUT2D eigenvalue weighted by atomic mass is 10.1. The predicted molar refractivity (Wildman–Crippen MR) is 142 cm³/mol. The first-order valence-electron chi connectivity index (χ1n) is 14.1. The monoisotopic (exact) mass is 474 g/mol. The van der Waals surface area contributed by atoms with Crippen LogP contribution < -0.4 is 0 Å². The lowest BCUT2D eigenvalue weighted by Gasteiger charge is -2.40. The number of rotatable bonds is 25. The van der Waals surface area contributed by atoms with Crippen LogP contribution in [0, 0.1) is 0 Å². The van der Waals surface area contributed by atoms with Gasteiger partial charge in [-0.05, 0) is 38.5 Å². The van der Waals surface area contributed by atoms with E-state index in [0.717, 1.165) is 12.5 Å². The molecule has 0 aromatic rings. The van der Waals surface area contributed by atoms with Crippen molar-refractivity contribution in [1.82, 2.24) is 0 Å². The Morgan fingerprint density at radius 2 is 0.750 bits per heavy atom. The minimum Gasteiger partial charge on any atom is -0.377 e. The predicted octanol–water partition coefficient (Wildman–Crippen LogP) is 7.98. The van der Waals surface area contributed by atoms with E-state index in [9.17, 15) is 0 Å². The van der Waals surface area contributed by atoms with E-state index in [1.54, 1.807) is 21.3 Å². The summed E-state index contributed by atoms with van der Waals surface area (Å²) in [6, 6.07) is 0.929. The Morgan fingerprint density at radius 3 is 1.06 bits per heavy atom. The zero-order chi connectivity index (χ0) is 24.0. The van der Waals surface area contributed by atoms with E-state index in [0.29, 0.717) is 0 Å². The SMILES string of the molecule is CCCCCCC[N+](CCCCCCC)(CCCCCCC)CCC[Si](OC)(OC)OC. The normalized spacial score (nSPS) is 12.6. The van der Waals surface area contributed by atoms with E-state index in [-0.39, 0.29) is 0 Å². The van der Waals surface area contributed by atoms with Crippen LogP contribution in [0.1, 0.15) is 124 Å². The van der Waals surface area contributed by atoms with Gasteiger partial charge in [0.25, 0.3) is 0 Å². The molecular formula is C27H60NO3Si+. The average Bonchev–Trinajstić information content (AvgIpc) is 2.81. The molecule has 0 aliphatic carbocycles. The second-order valence-electron chi connectivity index (χ2n) is 9.88. The number of hydrogen-bond acceptors (Lipinski definition) is 3. The topological polar surface area (TPSA) is 27.7 Å².